The molecule has 16 heteroatoms. The number of nitrogens with one attached hydrogen (secondary N) is 1. The monoisotopic (exact) mass is 687 g/mol. The standard InChI is InChI=1S/C30H61NO14Si/c1-46(2,3)45-28-27-44-26-25-43-24-23-42-22-21-41-20-19-40-18-17-39-16-15-38-14-13-37-12-11-36-10-9-35-8-4-7-31-29(32)5-6-30(33)34/h4-28H2,1-3H3,(H,31,32)(H,33,34). The van der Waals surface area contributed by atoms with Crippen molar-refractivity contribution >= 4 is 20.2 Å². The number of ether oxygens (including phenoxy) is 10. The van der Waals surface area contributed by atoms with Crippen LogP contribution in [0.4, 0.5) is 0 Å². The molecule has 0 fully saturated rings. The third-order valence-electron chi connectivity index (χ3n) is 5.46. The van der Waals surface area contributed by atoms with Gasteiger partial charge in [-0.1, -0.05) is 0 Å². The van der Waals surface area contributed by atoms with Crippen molar-refractivity contribution in [3.8, 4) is 0 Å². The number of rotatable bonds is 38. The van der Waals surface area contributed by atoms with Crippen molar-refractivity contribution in [3.05, 3.63) is 0 Å². The van der Waals surface area contributed by atoms with Crippen LogP contribution in [-0.4, -0.2) is 171 Å². The second kappa shape index (κ2) is 35.0. The lowest BCUT2D eigenvalue weighted by molar-refractivity contribution is -0.138. The van der Waals surface area contributed by atoms with Crippen molar-refractivity contribution in [3.63, 3.8) is 0 Å². The van der Waals surface area contributed by atoms with Gasteiger partial charge in [-0.2, -0.15) is 0 Å². The fourth-order valence-electron chi connectivity index (χ4n) is 3.20. The third-order valence-corrected chi connectivity index (χ3v) is 6.53. The first-order valence-corrected chi connectivity index (χ1v) is 19.6. The Morgan fingerprint density at radius 2 is 0.739 bits per heavy atom. The predicted octanol–water partition coefficient (Wildman–Crippen LogP) is 1.38. The smallest absolute Gasteiger partial charge is 0.303 e. The molecule has 0 saturated heterocycles. The number of hydrogen-bond donors (Lipinski definition) is 2. The number of amides is 1. The van der Waals surface area contributed by atoms with Crippen LogP contribution in [0.15, 0.2) is 0 Å². The Morgan fingerprint density at radius 1 is 0.457 bits per heavy atom. The average Bonchev–Trinajstić information content (AvgIpc) is 3.01. The first-order valence-electron chi connectivity index (χ1n) is 16.2. The molecular weight excluding hydrogens is 626 g/mol. The Bertz CT molecular complexity index is 672. The van der Waals surface area contributed by atoms with E-state index in [0.29, 0.717) is 152 Å². The molecule has 0 spiro atoms. The number of aliphatic carboxylic acids is 1. The Morgan fingerprint density at radius 3 is 1.02 bits per heavy atom. The first kappa shape index (κ1) is 44.7. The van der Waals surface area contributed by atoms with Gasteiger partial charge in [-0.05, 0) is 26.1 Å². The fraction of sp³-hybridized carbons (Fsp3) is 0.933. The molecule has 0 aromatic rings. The van der Waals surface area contributed by atoms with E-state index in [4.69, 9.17) is 56.9 Å². The molecule has 274 valence electrons. The lowest BCUT2D eigenvalue weighted by Crippen LogP contribution is -2.27. The number of carboxylic acids is 1. The van der Waals surface area contributed by atoms with Gasteiger partial charge in [0.1, 0.15) is 0 Å². The molecule has 0 aromatic heterocycles. The maximum Gasteiger partial charge on any atom is 0.303 e. The maximum absolute atomic E-state index is 11.4. The molecule has 1 amide bonds. The van der Waals surface area contributed by atoms with Gasteiger partial charge in [0.05, 0.1) is 139 Å². The summed E-state index contributed by atoms with van der Waals surface area (Å²) in [7, 11) is -1.46. The summed E-state index contributed by atoms with van der Waals surface area (Å²) in [5.41, 5.74) is 0. The zero-order chi connectivity index (χ0) is 33.8. The summed E-state index contributed by atoms with van der Waals surface area (Å²) in [6, 6.07) is 0. The molecule has 0 bridgehead atoms. The van der Waals surface area contributed by atoms with Crippen LogP contribution in [0.2, 0.25) is 19.6 Å². The van der Waals surface area contributed by atoms with Crippen molar-refractivity contribution in [1.29, 1.82) is 0 Å². The first-order chi connectivity index (χ1) is 22.3. The minimum Gasteiger partial charge on any atom is -0.481 e. The van der Waals surface area contributed by atoms with Crippen molar-refractivity contribution < 1.29 is 66.5 Å². The van der Waals surface area contributed by atoms with E-state index >= 15 is 0 Å². The van der Waals surface area contributed by atoms with Crippen LogP contribution in [0.25, 0.3) is 0 Å². The van der Waals surface area contributed by atoms with Crippen molar-refractivity contribution in [1.82, 2.24) is 5.32 Å². The van der Waals surface area contributed by atoms with E-state index in [-0.39, 0.29) is 18.7 Å². The highest BCUT2D eigenvalue weighted by atomic mass is 28.4. The van der Waals surface area contributed by atoms with Gasteiger partial charge in [0.25, 0.3) is 0 Å². The number of hydrogen-bond acceptors (Lipinski definition) is 13. The van der Waals surface area contributed by atoms with E-state index in [1.807, 2.05) is 0 Å². The minimum absolute atomic E-state index is 0.00899. The second-order valence-corrected chi connectivity index (χ2v) is 15.2. The molecule has 15 nitrogen and oxygen atoms in total. The highest BCUT2D eigenvalue weighted by molar-refractivity contribution is 6.69. The molecule has 0 aliphatic heterocycles. The Kier molecular flexibility index (Phi) is 34.1. The lowest BCUT2D eigenvalue weighted by atomic mass is 10.3. The van der Waals surface area contributed by atoms with E-state index in [1.54, 1.807) is 0 Å². The molecule has 0 radical (unpaired) electrons. The van der Waals surface area contributed by atoms with Crippen molar-refractivity contribution in [2.24, 2.45) is 0 Å². The van der Waals surface area contributed by atoms with Gasteiger partial charge in [-0.15, -0.1) is 0 Å². The van der Waals surface area contributed by atoms with Gasteiger partial charge in [0, 0.05) is 19.6 Å². The number of carbonyl (C=O) groups is 2. The molecule has 0 unspecified atom stereocenters. The fourth-order valence-corrected chi connectivity index (χ4v) is 3.89. The highest BCUT2D eigenvalue weighted by Gasteiger charge is 2.13. The minimum atomic E-state index is -1.46. The van der Waals surface area contributed by atoms with Crippen LogP contribution in [0.3, 0.4) is 0 Å². The van der Waals surface area contributed by atoms with Gasteiger partial charge in [0.15, 0.2) is 8.32 Å². The van der Waals surface area contributed by atoms with Crippen LogP contribution in [0.5, 0.6) is 0 Å². The highest BCUT2D eigenvalue weighted by Crippen LogP contribution is 2.01. The number of carboxylic acid groups (broad SMARTS) is 1. The average molecular weight is 688 g/mol. The summed E-state index contributed by atoms with van der Waals surface area (Å²) >= 11 is 0. The lowest BCUT2D eigenvalue weighted by Gasteiger charge is -2.16. The summed E-state index contributed by atoms with van der Waals surface area (Å²) in [5.74, 6) is -1.25. The van der Waals surface area contributed by atoms with E-state index in [1.165, 1.54) is 0 Å². The van der Waals surface area contributed by atoms with Gasteiger partial charge >= 0.3 is 5.97 Å². The Hall–Kier alpha value is -1.28. The SMILES string of the molecule is C[Si](C)(C)OCCOCCOCCOCCOCCOCCOCCOCCOCCOCCOCCCNC(=O)CCC(=O)O. The second-order valence-electron chi connectivity index (χ2n) is 10.7. The molecule has 0 aliphatic rings. The van der Waals surface area contributed by atoms with Crippen LogP contribution in [0.1, 0.15) is 19.3 Å². The summed E-state index contributed by atoms with van der Waals surface area (Å²) < 4.78 is 60.2. The van der Waals surface area contributed by atoms with E-state index < -0.39 is 14.3 Å². The molecule has 0 heterocycles. The van der Waals surface area contributed by atoms with Gasteiger partial charge in [-0.3, -0.25) is 9.59 Å². The molecule has 46 heavy (non-hydrogen) atoms. The summed E-state index contributed by atoms with van der Waals surface area (Å²) in [4.78, 5) is 21.8. The summed E-state index contributed by atoms with van der Waals surface area (Å²) in [6.07, 6.45) is 0.481. The van der Waals surface area contributed by atoms with Crippen molar-refractivity contribution in [2.75, 3.05) is 145 Å². The molecule has 0 aromatic carbocycles. The van der Waals surface area contributed by atoms with Gasteiger partial charge in [-0.25, -0.2) is 0 Å². The van der Waals surface area contributed by atoms with E-state index in [2.05, 4.69) is 25.0 Å². The van der Waals surface area contributed by atoms with Crippen LogP contribution < -0.4 is 5.32 Å². The van der Waals surface area contributed by atoms with E-state index in [9.17, 15) is 9.59 Å². The topological polar surface area (TPSA) is 168 Å². The van der Waals surface area contributed by atoms with Crippen LogP contribution >= 0.6 is 0 Å². The molecule has 0 saturated carbocycles. The summed E-state index contributed by atoms with van der Waals surface area (Å²) in [5, 5.41) is 11.2. The molecule has 0 rings (SSSR count). The van der Waals surface area contributed by atoms with Crippen LogP contribution in [0, 0.1) is 0 Å². The van der Waals surface area contributed by atoms with Gasteiger partial charge < -0.3 is 62.2 Å². The molecule has 2 N–H and O–H groups in total. The molecule has 0 aliphatic carbocycles. The predicted molar refractivity (Wildman–Crippen MR) is 172 cm³/mol. The van der Waals surface area contributed by atoms with Crippen LogP contribution in [-0.2, 0) is 61.4 Å². The van der Waals surface area contributed by atoms with E-state index in [0.717, 1.165) is 0 Å². The number of carbonyl (C=O) groups excluding carboxylic acids is 1. The molecular formula is C30H61NO14Si. The third kappa shape index (κ3) is 40.7. The maximum atomic E-state index is 11.4. The molecule has 0 atom stereocenters. The Balaban J connectivity index is 3.10. The zero-order valence-electron chi connectivity index (χ0n) is 28.4. The quantitative estimate of drug-likeness (QED) is 0.0706. The van der Waals surface area contributed by atoms with Gasteiger partial charge in [0.2, 0.25) is 5.91 Å². The normalized spacial score (nSPS) is 11.7. The zero-order valence-corrected chi connectivity index (χ0v) is 29.4. The summed E-state index contributed by atoms with van der Waals surface area (Å²) in [6.45, 7) is 17.6. The Labute approximate surface area is 276 Å². The largest absolute Gasteiger partial charge is 0.481 e. The van der Waals surface area contributed by atoms with Crippen molar-refractivity contribution in [2.45, 2.75) is 38.9 Å².